The molecule has 29 heavy (non-hydrogen) atoms. The molecular formula is C22H24N2O5. The number of hydrogen-bond donors (Lipinski definition) is 0. The van der Waals surface area contributed by atoms with Gasteiger partial charge in [-0.15, -0.1) is 0 Å². The summed E-state index contributed by atoms with van der Waals surface area (Å²) in [4.78, 5) is 27.3. The molecule has 0 aromatic heterocycles. The first kappa shape index (κ1) is 20.5. The van der Waals surface area contributed by atoms with Crippen LogP contribution in [0.25, 0.3) is 6.08 Å². The molecule has 1 aromatic rings. The fraction of sp³-hybridized carbons (Fsp3) is 0.409. The Kier molecular flexibility index (Phi) is 5.92. The van der Waals surface area contributed by atoms with Gasteiger partial charge in [0.05, 0.1) is 21.3 Å². The SMILES string of the molecule is COc1cc(/C=C2/C(=O)N(C3CCCC3)C(=O)C(C#N)=C2C)cc(OC)c1OC. The van der Waals surface area contributed by atoms with Crippen molar-refractivity contribution in [1.82, 2.24) is 4.90 Å². The normalized spacial score (nSPS) is 19.0. The Morgan fingerprint density at radius 2 is 1.62 bits per heavy atom. The van der Waals surface area contributed by atoms with Gasteiger partial charge in [0.1, 0.15) is 11.6 Å². The van der Waals surface area contributed by atoms with Gasteiger partial charge in [-0.2, -0.15) is 5.26 Å². The number of carbonyl (C=O) groups is 2. The number of ether oxygens (including phenoxy) is 3. The van der Waals surface area contributed by atoms with Crippen molar-refractivity contribution in [1.29, 1.82) is 5.26 Å². The molecule has 1 saturated carbocycles. The smallest absolute Gasteiger partial charge is 0.271 e. The third-order valence-electron chi connectivity index (χ3n) is 5.46. The Morgan fingerprint density at radius 3 is 2.10 bits per heavy atom. The lowest BCUT2D eigenvalue weighted by Crippen LogP contribution is -2.47. The van der Waals surface area contributed by atoms with Crippen LogP contribution in [0.5, 0.6) is 17.2 Å². The zero-order chi connectivity index (χ0) is 21.1. The van der Waals surface area contributed by atoms with Gasteiger partial charge in [-0.1, -0.05) is 12.8 Å². The average molecular weight is 396 g/mol. The average Bonchev–Trinajstić information content (AvgIpc) is 3.25. The second kappa shape index (κ2) is 8.39. The van der Waals surface area contributed by atoms with Crippen LogP contribution in [0.15, 0.2) is 28.9 Å². The molecule has 0 bridgehead atoms. The van der Waals surface area contributed by atoms with Gasteiger partial charge in [0.15, 0.2) is 11.5 Å². The van der Waals surface area contributed by atoms with Crippen LogP contribution in [0.3, 0.4) is 0 Å². The maximum atomic E-state index is 13.2. The molecule has 1 fully saturated rings. The molecule has 7 heteroatoms. The predicted octanol–water partition coefficient (Wildman–Crippen LogP) is 3.25. The van der Waals surface area contributed by atoms with E-state index in [9.17, 15) is 14.9 Å². The van der Waals surface area contributed by atoms with Crippen LogP contribution in [0.2, 0.25) is 0 Å². The highest BCUT2D eigenvalue weighted by molar-refractivity contribution is 6.20. The highest BCUT2D eigenvalue weighted by Gasteiger charge is 2.40. The molecule has 7 nitrogen and oxygen atoms in total. The van der Waals surface area contributed by atoms with E-state index in [1.165, 1.54) is 26.2 Å². The van der Waals surface area contributed by atoms with Crippen molar-refractivity contribution in [3.8, 4) is 23.3 Å². The number of carbonyl (C=O) groups excluding carboxylic acids is 2. The fourth-order valence-electron chi connectivity index (χ4n) is 3.95. The van der Waals surface area contributed by atoms with E-state index in [0.717, 1.165) is 25.7 Å². The molecule has 1 heterocycles. The Hall–Kier alpha value is -3.27. The van der Waals surface area contributed by atoms with Crippen LogP contribution in [-0.2, 0) is 9.59 Å². The van der Waals surface area contributed by atoms with E-state index in [1.807, 2.05) is 6.07 Å². The number of methoxy groups -OCH3 is 3. The Balaban J connectivity index is 2.14. The number of nitriles is 1. The first-order chi connectivity index (χ1) is 14.0. The molecule has 1 aromatic carbocycles. The summed E-state index contributed by atoms with van der Waals surface area (Å²) in [6.07, 6.45) is 5.14. The van der Waals surface area contributed by atoms with Crippen LogP contribution >= 0.6 is 0 Å². The van der Waals surface area contributed by atoms with Gasteiger partial charge >= 0.3 is 0 Å². The predicted molar refractivity (Wildman–Crippen MR) is 106 cm³/mol. The summed E-state index contributed by atoms with van der Waals surface area (Å²) in [5.41, 5.74) is 1.35. The van der Waals surface area contributed by atoms with Crippen molar-refractivity contribution in [2.24, 2.45) is 0 Å². The van der Waals surface area contributed by atoms with Crippen LogP contribution < -0.4 is 14.2 Å². The van der Waals surface area contributed by atoms with Crippen molar-refractivity contribution in [3.05, 3.63) is 34.4 Å². The Morgan fingerprint density at radius 1 is 1.03 bits per heavy atom. The van der Waals surface area contributed by atoms with Gasteiger partial charge in [0.2, 0.25) is 5.75 Å². The Bertz CT molecular complexity index is 923. The zero-order valence-electron chi connectivity index (χ0n) is 17.1. The summed E-state index contributed by atoms with van der Waals surface area (Å²) in [5.74, 6) is 0.483. The molecule has 1 aliphatic carbocycles. The first-order valence-corrected chi connectivity index (χ1v) is 9.47. The van der Waals surface area contributed by atoms with E-state index in [1.54, 1.807) is 25.1 Å². The largest absolute Gasteiger partial charge is 0.493 e. The molecule has 3 rings (SSSR count). The molecule has 152 valence electrons. The van der Waals surface area contributed by atoms with Crippen molar-refractivity contribution >= 4 is 17.9 Å². The number of nitrogens with zero attached hydrogens (tertiary/aromatic N) is 2. The van der Waals surface area contributed by atoms with E-state index in [-0.39, 0.29) is 17.5 Å². The molecule has 1 aliphatic heterocycles. The van der Waals surface area contributed by atoms with Gasteiger partial charge in [-0.25, -0.2) is 0 Å². The van der Waals surface area contributed by atoms with Gasteiger partial charge in [0, 0.05) is 11.6 Å². The van der Waals surface area contributed by atoms with Crippen molar-refractivity contribution in [2.45, 2.75) is 38.6 Å². The monoisotopic (exact) mass is 396 g/mol. The lowest BCUT2D eigenvalue weighted by Gasteiger charge is -2.32. The summed E-state index contributed by atoms with van der Waals surface area (Å²) in [7, 11) is 4.54. The van der Waals surface area contributed by atoms with E-state index in [0.29, 0.717) is 34.0 Å². The van der Waals surface area contributed by atoms with Crippen molar-refractivity contribution in [3.63, 3.8) is 0 Å². The topological polar surface area (TPSA) is 88.9 Å². The minimum absolute atomic E-state index is 0.00944. The van der Waals surface area contributed by atoms with E-state index in [2.05, 4.69) is 0 Å². The second-order valence-electron chi connectivity index (χ2n) is 7.05. The van der Waals surface area contributed by atoms with E-state index in [4.69, 9.17) is 14.2 Å². The van der Waals surface area contributed by atoms with Crippen LogP contribution in [0.1, 0.15) is 38.2 Å². The number of hydrogen-bond acceptors (Lipinski definition) is 6. The number of imide groups is 1. The number of benzene rings is 1. The quantitative estimate of drug-likeness (QED) is 0.561. The van der Waals surface area contributed by atoms with E-state index >= 15 is 0 Å². The maximum absolute atomic E-state index is 13.2. The fourth-order valence-corrected chi connectivity index (χ4v) is 3.95. The maximum Gasteiger partial charge on any atom is 0.271 e. The zero-order valence-corrected chi connectivity index (χ0v) is 17.1. The molecule has 0 radical (unpaired) electrons. The molecule has 0 saturated heterocycles. The van der Waals surface area contributed by atoms with Gasteiger partial charge in [-0.05, 0) is 49.1 Å². The Labute approximate surface area is 170 Å². The van der Waals surface area contributed by atoms with Gasteiger partial charge in [0.25, 0.3) is 11.8 Å². The second-order valence-corrected chi connectivity index (χ2v) is 7.05. The molecule has 0 atom stereocenters. The minimum Gasteiger partial charge on any atom is -0.493 e. The molecule has 2 aliphatic rings. The van der Waals surface area contributed by atoms with Gasteiger partial charge < -0.3 is 14.2 Å². The standard InChI is InChI=1S/C22H24N2O5/c1-13-16(9-14-10-18(27-2)20(29-4)19(11-14)28-3)21(25)24(15-7-5-6-8-15)22(26)17(13)12-23/h9-11,15H,5-8H2,1-4H3/b16-9+. The van der Waals surface area contributed by atoms with Crippen molar-refractivity contribution < 1.29 is 23.8 Å². The summed E-state index contributed by atoms with van der Waals surface area (Å²) in [6.45, 7) is 1.63. The van der Waals surface area contributed by atoms with Crippen LogP contribution in [-0.4, -0.2) is 44.1 Å². The lowest BCUT2D eigenvalue weighted by atomic mass is 9.92. The summed E-state index contributed by atoms with van der Waals surface area (Å²) in [5, 5.41) is 9.54. The van der Waals surface area contributed by atoms with E-state index < -0.39 is 5.91 Å². The highest BCUT2D eigenvalue weighted by atomic mass is 16.5. The third kappa shape index (κ3) is 3.58. The molecule has 0 N–H and O–H groups in total. The number of rotatable bonds is 5. The summed E-state index contributed by atoms with van der Waals surface area (Å²) in [6, 6.07) is 5.26. The molecule has 2 amide bonds. The van der Waals surface area contributed by atoms with Crippen molar-refractivity contribution in [2.75, 3.05) is 21.3 Å². The van der Waals surface area contributed by atoms with Crippen LogP contribution in [0.4, 0.5) is 0 Å². The highest BCUT2D eigenvalue weighted by Crippen LogP contribution is 2.40. The lowest BCUT2D eigenvalue weighted by molar-refractivity contribution is -0.143. The first-order valence-electron chi connectivity index (χ1n) is 9.47. The summed E-state index contributed by atoms with van der Waals surface area (Å²) < 4.78 is 16.1. The third-order valence-corrected chi connectivity index (χ3v) is 5.46. The van der Waals surface area contributed by atoms with Crippen LogP contribution in [0, 0.1) is 11.3 Å². The summed E-state index contributed by atoms with van der Waals surface area (Å²) >= 11 is 0. The van der Waals surface area contributed by atoms with Gasteiger partial charge in [-0.3, -0.25) is 14.5 Å². The minimum atomic E-state index is -0.496. The molecule has 0 spiro atoms. The molecule has 0 unspecified atom stereocenters. The number of amides is 2. The molecular weight excluding hydrogens is 372 g/mol.